The van der Waals surface area contributed by atoms with Gasteiger partial charge < -0.3 is 9.47 Å². The second-order valence-electron chi connectivity index (χ2n) is 8.23. The van der Waals surface area contributed by atoms with Gasteiger partial charge in [0.1, 0.15) is 0 Å². The normalized spacial score (nSPS) is 19.4. The van der Waals surface area contributed by atoms with E-state index in [4.69, 9.17) is 9.47 Å². The van der Waals surface area contributed by atoms with Gasteiger partial charge in [-0.15, -0.1) is 0 Å². The fourth-order valence-corrected chi connectivity index (χ4v) is 4.35. The summed E-state index contributed by atoms with van der Waals surface area (Å²) in [7, 11) is 3.25. The van der Waals surface area contributed by atoms with Gasteiger partial charge in [-0.3, -0.25) is 14.5 Å². The first kappa shape index (κ1) is 20.4. The third-order valence-electron chi connectivity index (χ3n) is 6.13. The van der Waals surface area contributed by atoms with Crippen LogP contribution in [0.25, 0.3) is 0 Å². The van der Waals surface area contributed by atoms with Crippen molar-refractivity contribution in [2.24, 2.45) is 0 Å². The highest BCUT2D eigenvalue weighted by Crippen LogP contribution is 2.35. The van der Waals surface area contributed by atoms with E-state index in [-0.39, 0.29) is 18.2 Å². The Morgan fingerprint density at radius 1 is 0.967 bits per heavy atom. The predicted octanol–water partition coefficient (Wildman–Crippen LogP) is 3.52. The monoisotopic (exact) mass is 408 g/mol. The van der Waals surface area contributed by atoms with Gasteiger partial charge in [-0.1, -0.05) is 26.0 Å². The maximum Gasteiger partial charge on any atom is 0.251 e. The molecule has 4 rings (SSSR count). The van der Waals surface area contributed by atoms with Gasteiger partial charge in [0, 0.05) is 13.1 Å². The number of imide groups is 1. The lowest BCUT2D eigenvalue weighted by Gasteiger charge is -2.32. The molecule has 0 aromatic heterocycles. The molecule has 1 unspecified atom stereocenters. The highest BCUT2D eigenvalue weighted by molar-refractivity contribution is 6.22. The topological polar surface area (TPSA) is 59.1 Å². The van der Waals surface area contributed by atoms with Crippen molar-refractivity contribution in [3.63, 3.8) is 0 Å². The maximum absolute atomic E-state index is 13.2. The molecule has 2 aliphatic rings. The number of nitrogens with zero attached hydrogens (tertiary/aromatic N) is 2. The van der Waals surface area contributed by atoms with E-state index in [2.05, 4.69) is 18.7 Å². The van der Waals surface area contributed by atoms with E-state index in [0.29, 0.717) is 29.6 Å². The average Bonchev–Trinajstić information content (AvgIpc) is 3.06. The molecule has 0 radical (unpaired) electrons. The molecule has 2 amide bonds. The van der Waals surface area contributed by atoms with Gasteiger partial charge in [0.15, 0.2) is 11.5 Å². The highest BCUT2D eigenvalue weighted by Gasteiger charge is 2.43. The number of methoxy groups -OCH3 is 2. The number of ether oxygens (including phenoxy) is 2. The lowest BCUT2D eigenvalue weighted by Crippen LogP contribution is -2.44. The van der Waals surface area contributed by atoms with Crippen molar-refractivity contribution in [2.45, 2.75) is 45.2 Å². The van der Waals surface area contributed by atoms with Crippen LogP contribution in [0.15, 0.2) is 36.4 Å². The minimum absolute atomic E-state index is 0.138. The summed E-state index contributed by atoms with van der Waals surface area (Å²) in [6.07, 6.45) is 1.02. The SMILES string of the molecule is COc1cc2c(cc1OC)CN(C1CC(=O)N(c3ccc(C(C)C)cc3)C1=O)CC2. The quantitative estimate of drug-likeness (QED) is 0.709. The molecule has 2 heterocycles. The number of hydrogen-bond acceptors (Lipinski definition) is 5. The molecule has 158 valence electrons. The van der Waals surface area contributed by atoms with Crippen molar-refractivity contribution in [3.05, 3.63) is 53.1 Å². The molecule has 2 aromatic carbocycles. The Morgan fingerprint density at radius 2 is 1.60 bits per heavy atom. The predicted molar refractivity (Wildman–Crippen MR) is 115 cm³/mol. The average molecular weight is 408 g/mol. The summed E-state index contributed by atoms with van der Waals surface area (Å²) >= 11 is 0. The largest absolute Gasteiger partial charge is 0.493 e. The van der Waals surface area contributed by atoms with Gasteiger partial charge in [-0.05, 0) is 53.3 Å². The number of hydrogen-bond donors (Lipinski definition) is 0. The Hall–Kier alpha value is -2.86. The van der Waals surface area contributed by atoms with E-state index < -0.39 is 6.04 Å². The minimum Gasteiger partial charge on any atom is -0.493 e. The van der Waals surface area contributed by atoms with E-state index in [1.165, 1.54) is 16.0 Å². The van der Waals surface area contributed by atoms with Crippen LogP contribution < -0.4 is 14.4 Å². The van der Waals surface area contributed by atoms with E-state index in [1.54, 1.807) is 14.2 Å². The number of rotatable bonds is 5. The van der Waals surface area contributed by atoms with Crippen molar-refractivity contribution in [1.82, 2.24) is 4.90 Å². The first-order chi connectivity index (χ1) is 14.4. The molecule has 30 heavy (non-hydrogen) atoms. The van der Waals surface area contributed by atoms with E-state index >= 15 is 0 Å². The second-order valence-corrected chi connectivity index (χ2v) is 8.23. The molecule has 6 heteroatoms. The fourth-order valence-electron chi connectivity index (χ4n) is 4.35. The minimum atomic E-state index is -0.427. The summed E-state index contributed by atoms with van der Waals surface area (Å²) < 4.78 is 10.8. The number of carbonyl (C=O) groups is 2. The molecule has 1 atom stereocenters. The number of carbonyl (C=O) groups excluding carboxylic acids is 2. The number of amides is 2. The zero-order valence-electron chi connectivity index (χ0n) is 18.0. The fraction of sp³-hybridized carbons (Fsp3) is 0.417. The highest BCUT2D eigenvalue weighted by atomic mass is 16.5. The van der Waals surface area contributed by atoms with E-state index in [0.717, 1.165) is 18.5 Å². The Labute approximate surface area is 177 Å². The van der Waals surface area contributed by atoms with Crippen molar-refractivity contribution in [2.75, 3.05) is 25.7 Å². The van der Waals surface area contributed by atoms with Crippen molar-refractivity contribution in [1.29, 1.82) is 0 Å². The maximum atomic E-state index is 13.2. The number of fused-ring (bicyclic) bond motifs is 1. The lowest BCUT2D eigenvalue weighted by molar-refractivity contribution is -0.123. The molecule has 0 saturated carbocycles. The lowest BCUT2D eigenvalue weighted by atomic mass is 9.97. The summed E-state index contributed by atoms with van der Waals surface area (Å²) in [4.78, 5) is 29.4. The third-order valence-corrected chi connectivity index (χ3v) is 6.13. The first-order valence-corrected chi connectivity index (χ1v) is 10.4. The van der Waals surface area contributed by atoms with Crippen LogP contribution in [0, 0.1) is 0 Å². The Balaban J connectivity index is 1.54. The summed E-state index contributed by atoms with van der Waals surface area (Å²) in [6.45, 7) is 5.58. The molecule has 0 bridgehead atoms. The van der Waals surface area contributed by atoms with Crippen molar-refractivity contribution >= 4 is 17.5 Å². The van der Waals surface area contributed by atoms with Crippen LogP contribution >= 0.6 is 0 Å². The van der Waals surface area contributed by atoms with Crippen LogP contribution in [-0.2, 0) is 22.6 Å². The van der Waals surface area contributed by atoms with Crippen LogP contribution in [0.5, 0.6) is 11.5 Å². The molecule has 0 spiro atoms. The van der Waals surface area contributed by atoms with Crippen molar-refractivity contribution < 1.29 is 19.1 Å². The molecule has 2 aromatic rings. The Morgan fingerprint density at radius 3 is 2.20 bits per heavy atom. The molecule has 1 fully saturated rings. The van der Waals surface area contributed by atoms with Gasteiger partial charge in [-0.2, -0.15) is 0 Å². The van der Waals surface area contributed by atoms with Crippen LogP contribution in [-0.4, -0.2) is 43.5 Å². The zero-order chi connectivity index (χ0) is 21.4. The number of anilines is 1. The summed E-state index contributed by atoms with van der Waals surface area (Å²) in [5.74, 6) is 1.52. The van der Waals surface area contributed by atoms with Gasteiger partial charge in [0.25, 0.3) is 5.91 Å². The van der Waals surface area contributed by atoms with Crippen LogP contribution in [0.1, 0.15) is 42.9 Å². The van der Waals surface area contributed by atoms with Crippen LogP contribution in [0.3, 0.4) is 0 Å². The summed E-state index contributed by atoms with van der Waals surface area (Å²) in [5, 5.41) is 0. The van der Waals surface area contributed by atoms with Gasteiger partial charge in [0.05, 0.1) is 32.4 Å². The van der Waals surface area contributed by atoms with Crippen LogP contribution in [0.4, 0.5) is 5.69 Å². The standard InChI is InChI=1S/C24H28N2O4/c1-15(2)16-5-7-19(8-6-16)26-23(27)13-20(24(26)28)25-10-9-17-11-21(29-3)22(30-4)12-18(17)14-25/h5-8,11-12,15,20H,9-10,13-14H2,1-4H3. The second kappa shape index (κ2) is 8.11. The van der Waals surface area contributed by atoms with Gasteiger partial charge >= 0.3 is 0 Å². The summed E-state index contributed by atoms with van der Waals surface area (Å²) in [6, 6.07) is 11.3. The zero-order valence-corrected chi connectivity index (χ0v) is 18.0. The summed E-state index contributed by atoms with van der Waals surface area (Å²) in [5.41, 5.74) is 4.15. The molecular formula is C24H28N2O4. The van der Waals surface area contributed by atoms with Gasteiger partial charge in [-0.25, -0.2) is 4.90 Å². The van der Waals surface area contributed by atoms with Crippen molar-refractivity contribution in [3.8, 4) is 11.5 Å². The molecule has 0 N–H and O–H groups in total. The smallest absolute Gasteiger partial charge is 0.251 e. The van der Waals surface area contributed by atoms with E-state index in [1.807, 2.05) is 36.4 Å². The molecule has 2 aliphatic heterocycles. The van der Waals surface area contributed by atoms with Crippen LogP contribution in [0.2, 0.25) is 0 Å². The third kappa shape index (κ3) is 3.56. The van der Waals surface area contributed by atoms with E-state index in [9.17, 15) is 9.59 Å². The van der Waals surface area contributed by atoms with Gasteiger partial charge in [0.2, 0.25) is 5.91 Å². The molecule has 6 nitrogen and oxygen atoms in total. The molecule has 1 saturated heterocycles. The molecule has 0 aliphatic carbocycles. The Kier molecular flexibility index (Phi) is 5.52. The first-order valence-electron chi connectivity index (χ1n) is 10.4. The number of benzene rings is 2. The Bertz CT molecular complexity index is 968. The molecular weight excluding hydrogens is 380 g/mol.